The molecule has 2 atom stereocenters. The van der Waals surface area contributed by atoms with Crippen molar-refractivity contribution in [3.63, 3.8) is 0 Å². The smallest absolute Gasteiger partial charge is 0.138 e. The van der Waals surface area contributed by atoms with Crippen molar-refractivity contribution in [3.8, 4) is 0 Å². The van der Waals surface area contributed by atoms with E-state index < -0.39 is 6.10 Å². The highest BCUT2D eigenvalue weighted by molar-refractivity contribution is 5.81. The maximum absolute atomic E-state index is 11.6. The first-order valence-electron chi connectivity index (χ1n) is 5.95. The van der Waals surface area contributed by atoms with Gasteiger partial charge in [-0.1, -0.05) is 31.6 Å². The van der Waals surface area contributed by atoms with Crippen LogP contribution in [0.25, 0.3) is 0 Å². The zero-order valence-electron chi connectivity index (χ0n) is 11.1. The summed E-state index contributed by atoms with van der Waals surface area (Å²) in [5.74, 6) is -0.165. The molecule has 0 aliphatic heterocycles. The number of aliphatic hydroxyl groups is 1. The third kappa shape index (κ3) is 4.75. The van der Waals surface area contributed by atoms with E-state index in [1.807, 2.05) is 39.8 Å². The van der Waals surface area contributed by atoms with Crippen LogP contribution in [0.4, 0.5) is 0 Å². The lowest BCUT2D eigenvalue weighted by Gasteiger charge is -2.18. The van der Waals surface area contributed by atoms with Gasteiger partial charge in [-0.05, 0) is 32.8 Å². The average molecular weight is 224 g/mol. The first kappa shape index (κ1) is 15.1. The highest BCUT2D eigenvalue weighted by Gasteiger charge is 2.22. The number of carbonyl (C=O) groups is 1. The minimum absolute atomic E-state index is 0.140. The molecule has 0 spiro atoms. The lowest BCUT2D eigenvalue weighted by Crippen LogP contribution is -2.26. The molecular weight excluding hydrogens is 200 g/mol. The van der Waals surface area contributed by atoms with Crippen LogP contribution >= 0.6 is 0 Å². The summed E-state index contributed by atoms with van der Waals surface area (Å²) in [4.78, 5) is 11.6. The van der Waals surface area contributed by atoms with E-state index in [-0.39, 0.29) is 11.7 Å². The normalized spacial score (nSPS) is 17.1. The Morgan fingerprint density at radius 2 is 1.94 bits per heavy atom. The van der Waals surface area contributed by atoms with Crippen LogP contribution in [0.5, 0.6) is 0 Å². The Labute approximate surface area is 99.1 Å². The molecule has 0 rings (SSSR count). The van der Waals surface area contributed by atoms with Crippen molar-refractivity contribution < 1.29 is 9.90 Å². The van der Waals surface area contributed by atoms with E-state index in [9.17, 15) is 9.90 Å². The summed E-state index contributed by atoms with van der Waals surface area (Å²) in [6.45, 7) is 9.58. The van der Waals surface area contributed by atoms with Crippen molar-refractivity contribution in [1.82, 2.24) is 0 Å². The quantitative estimate of drug-likeness (QED) is 0.703. The molecule has 1 N–H and O–H groups in total. The van der Waals surface area contributed by atoms with Gasteiger partial charge in [0, 0.05) is 12.3 Å². The molecule has 0 radical (unpaired) electrons. The predicted molar refractivity (Wildman–Crippen MR) is 68.3 cm³/mol. The summed E-state index contributed by atoms with van der Waals surface area (Å²) in [6.07, 6.45) is 4.64. The van der Waals surface area contributed by atoms with E-state index >= 15 is 0 Å². The van der Waals surface area contributed by atoms with Crippen LogP contribution in [-0.4, -0.2) is 17.0 Å². The molecule has 0 aromatic rings. The van der Waals surface area contributed by atoms with Crippen molar-refractivity contribution in [2.24, 2.45) is 5.92 Å². The lowest BCUT2D eigenvalue weighted by atomic mass is 9.91. The van der Waals surface area contributed by atoms with Crippen LogP contribution in [0.1, 0.15) is 47.5 Å². The molecule has 0 heterocycles. The molecule has 0 saturated carbocycles. The van der Waals surface area contributed by atoms with E-state index in [1.54, 1.807) is 6.92 Å². The van der Waals surface area contributed by atoms with Gasteiger partial charge in [0.25, 0.3) is 0 Å². The van der Waals surface area contributed by atoms with E-state index in [4.69, 9.17) is 0 Å². The zero-order valence-corrected chi connectivity index (χ0v) is 11.1. The first-order chi connectivity index (χ1) is 7.43. The summed E-state index contributed by atoms with van der Waals surface area (Å²) < 4.78 is 0. The summed E-state index contributed by atoms with van der Waals surface area (Å²) in [6, 6.07) is 0. The van der Waals surface area contributed by atoms with Crippen molar-refractivity contribution in [2.75, 3.05) is 0 Å². The minimum atomic E-state index is -0.658. The highest BCUT2D eigenvalue weighted by atomic mass is 16.3. The average Bonchev–Trinajstić information content (AvgIpc) is 2.26. The standard InChI is InChI=1S/C14H24O2/c1-6-8-13(15)12(5)14(16)11(4)9-10(3)7-2/h7,9,12,14,16H,6,8H2,1-5H3/b10-7+,11-9+/t12-,14+/m0/s1. The van der Waals surface area contributed by atoms with Crippen molar-refractivity contribution in [2.45, 2.75) is 53.6 Å². The maximum atomic E-state index is 11.6. The molecule has 0 amide bonds. The van der Waals surface area contributed by atoms with E-state index in [1.165, 1.54) is 0 Å². The second kappa shape index (κ2) is 7.39. The summed E-state index contributed by atoms with van der Waals surface area (Å²) >= 11 is 0. The van der Waals surface area contributed by atoms with Gasteiger partial charge in [-0.25, -0.2) is 0 Å². The Morgan fingerprint density at radius 3 is 2.38 bits per heavy atom. The van der Waals surface area contributed by atoms with E-state index in [2.05, 4.69) is 0 Å². The van der Waals surface area contributed by atoms with Crippen LogP contribution in [-0.2, 0) is 4.79 Å². The van der Waals surface area contributed by atoms with Crippen molar-refractivity contribution in [1.29, 1.82) is 0 Å². The Kier molecular flexibility index (Phi) is 6.98. The monoisotopic (exact) mass is 224 g/mol. The fraction of sp³-hybridized carbons (Fsp3) is 0.643. The third-order valence-electron chi connectivity index (χ3n) is 2.86. The summed E-state index contributed by atoms with van der Waals surface area (Å²) in [5.41, 5.74) is 1.96. The molecule has 0 aromatic heterocycles. The van der Waals surface area contributed by atoms with Crippen molar-refractivity contribution in [3.05, 3.63) is 23.3 Å². The SMILES string of the molecule is C/C=C(C)/C=C(\C)[C@@H](O)[C@@H](C)C(=O)CCC. The first-order valence-corrected chi connectivity index (χ1v) is 5.95. The van der Waals surface area contributed by atoms with Crippen LogP contribution in [0, 0.1) is 5.92 Å². The Balaban J connectivity index is 4.60. The Hall–Kier alpha value is -0.890. The van der Waals surface area contributed by atoms with Crippen LogP contribution in [0.3, 0.4) is 0 Å². The third-order valence-corrected chi connectivity index (χ3v) is 2.86. The molecule has 0 fully saturated rings. The molecule has 2 heteroatoms. The van der Waals surface area contributed by atoms with Gasteiger partial charge in [-0.2, -0.15) is 0 Å². The van der Waals surface area contributed by atoms with Crippen LogP contribution < -0.4 is 0 Å². The lowest BCUT2D eigenvalue weighted by molar-refractivity contribution is -0.124. The number of allylic oxidation sites excluding steroid dienone is 3. The number of hydrogen-bond acceptors (Lipinski definition) is 2. The number of ketones is 1. The number of rotatable bonds is 6. The zero-order chi connectivity index (χ0) is 12.7. The van der Waals surface area contributed by atoms with Crippen LogP contribution in [0.15, 0.2) is 23.3 Å². The fourth-order valence-corrected chi connectivity index (χ4v) is 1.57. The Morgan fingerprint density at radius 1 is 1.38 bits per heavy atom. The fourth-order valence-electron chi connectivity index (χ4n) is 1.57. The van der Waals surface area contributed by atoms with Gasteiger partial charge in [0.2, 0.25) is 0 Å². The van der Waals surface area contributed by atoms with E-state index in [0.29, 0.717) is 6.42 Å². The minimum Gasteiger partial charge on any atom is -0.388 e. The molecule has 16 heavy (non-hydrogen) atoms. The van der Waals surface area contributed by atoms with Gasteiger partial charge in [-0.3, -0.25) is 4.79 Å². The second-order valence-electron chi connectivity index (χ2n) is 4.37. The topological polar surface area (TPSA) is 37.3 Å². The van der Waals surface area contributed by atoms with E-state index in [0.717, 1.165) is 17.6 Å². The molecule has 0 aliphatic rings. The molecule has 0 aliphatic carbocycles. The van der Waals surface area contributed by atoms with Crippen molar-refractivity contribution >= 4 is 5.78 Å². The Bertz CT molecular complexity index is 287. The molecule has 0 saturated heterocycles. The number of Topliss-reactive ketones (excluding diaryl/α,β-unsaturated/α-hetero) is 1. The van der Waals surface area contributed by atoms with Crippen LogP contribution in [0.2, 0.25) is 0 Å². The maximum Gasteiger partial charge on any atom is 0.138 e. The molecule has 0 bridgehead atoms. The summed E-state index contributed by atoms with van der Waals surface area (Å²) in [5, 5.41) is 10.0. The molecule has 0 aromatic carbocycles. The number of aliphatic hydroxyl groups excluding tert-OH is 1. The highest BCUT2D eigenvalue weighted by Crippen LogP contribution is 2.17. The largest absolute Gasteiger partial charge is 0.388 e. The van der Waals surface area contributed by atoms with Gasteiger partial charge < -0.3 is 5.11 Å². The molecule has 2 nitrogen and oxygen atoms in total. The summed E-state index contributed by atoms with van der Waals surface area (Å²) in [7, 11) is 0. The van der Waals surface area contributed by atoms with Gasteiger partial charge in [0.15, 0.2) is 0 Å². The number of hydrogen-bond donors (Lipinski definition) is 1. The molecule has 92 valence electrons. The molecule has 0 unspecified atom stereocenters. The van der Waals surface area contributed by atoms with Gasteiger partial charge in [0.1, 0.15) is 5.78 Å². The van der Waals surface area contributed by atoms with Gasteiger partial charge in [-0.15, -0.1) is 0 Å². The predicted octanol–water partition coefficient (Wildman–Crippen LogP) is 3.27. The molecular formula is C14H24O2. The number of carbonyl (C=O) groups excluding carboxylic acids is 1. The van der Waals surface area contributed by atoms with Gasteiger partial charge in [0.05, 0.1) is 6.10 Å². The second-order valence-corrected chi connectivity index (χ2v) is 4.37. The van der Waals surface area contributed by atoms with Gasteiger partial charge >= 0.3 is 0 Å².